The van der Waals surface area contributed by atoms with Crippen molar-refractivity contribution in [3.63, 3.8) is 0 Å². The number of aromatic nitrogens is 5. The predicted octanol–water partition coefficient (Wildman–Crippen LogP) is 8.90. The highest BCUT2D eigenvalue weighted by Gasteiger charge is 2.53. The van der Waals surface area contributed by atoms with Crippen LogP contribution in [0.3, 0.4) is 0 Å². The number of benzene rings is 3. The van der Waals surface area contributed by atoms with Crippen LogP contribution in [-0.2, 0) is 72.0 Å². The average Bonchev–Trinajstić information content (AvgIpc) is 4.01. The summed E-state index contributed by atoms with van der Waals surface area (Å²) in [6.07, 6.45) is -11.0. The van der Waals surface area contributed by atoms with Crippen LogP contribution < -0.4 is 9.62 Å². The molecule has 3 heterocycles. The third kappa shape index (κ3) is 12.9. The maximum absolute atomic E-state index is 15.5. The first-order chi connectivity index (χ1) is 35.8. The summed E-state index contributed by atoms with van der Waals surface area (Å²) in [4.78, 5) is 51.9. The fourth-order valence-corrected chi connectivity index (χ4v) is 10.2. The molecule has 6 aromatic rings. The van der Waals surface area contributed by atoms with E-state index in [4.69, 9.17) is 11.6 Å². The number of hydrogen-bond donors (Lipinski definition) is 3. The molecule has 3 aromatic carbocycles. The highest BCUT2D eigenvalue weighted by atomic mass is 35.5. The van der Waals surface area contributed by atoms with Gasteiger partial charge in [-0.05, 0) is 79.6 Å². The lowest BCUT2D eigenvalue weighted by atomic mass is 9.93. The van der Waals surface area contributed by atoms with Crippen LogP contribution in [0.4, 0.5) is 49.7 Å². The van der Waals surface area contributed by atoms with Gasteiger partial charge in [0, 0.05) is 41.0 Å². The summed E-state index contributed by atoms with van der Waals surface area (Å²) in [7, 11) is -14.2. The number of fused-ring (bicyclic) bond motifs is 2. The number of hydrogen-bond acceptors (Lipinski definition) is 11. The Hall–Kier alpha value is -6.41. The fraction of sp³-hybridized carbons (Fsp3) is 0.340. The number of sulfone groups is 1. The molecule has 78 heavy (non-hydrogen) atoms. The predicted molar refractivity (Wildman–Crippen MR) is 260 cm³/mol. The molecular weight excluding hydrogens is 1140 g/mol. The van der Waals surface area contributed by atoms with Crippen LogP contribution in [0, 0.1) is 23.5 Å². The van der Waals surface area contributed by atoms with Crippen molar-refractivity contribution >= 4 is 67.8 Å². The van der Waals surface area contributed by atoms with Gasteiger partial charge in [-0.25, -0.2) is 35.2 Å². The molecule has 1 aliphatic carbocycles. The first-order valence-corrected chi connectivity index (χ1v) is 28.0. The Morgan fingerprint density at radius 2 is 1.58 bits per heavy atom. The second-order valence-electron chi connectivity index (χ2n) is 18.5. The van der Waals surface area contributed by atoms with Gasteiger partial charge in [-0.2, -0.15) is 49.6 Å². The standard InChI is InChI=1S/C47H41ClF10N7O10PS2/c1-24-20-45(51,52)41-36(24)40(47(56,57)58)61-63(41)21-35(66)60-34(18-25-16-27(49)19-28(50)17-25)38-31(11-10-29(59-38)14-15-44(2,3)77(4,71)72)32-12-13-33(48)37-39(32)64(23-46(53,54)55)62-42(37)65(78(5,73)74)43(67)30-9-7-6-8-26(30)22-75-76(68,69)70/h6-13,16-17,19,24,34H,18,20-23H2,1-5H3,(H,60,66)(H2,68,69,70)/t24-,34-/m0/s1. The van der Waals surface area contributed by atoms with E-state index in [-0.39, 0.29) is 36.1 Å². The van der Waals surface area contributed by atoms with Crippen molar-refractivity contribution < 1.29 is 89.2 Å². The van der Waals surface area contributed by atoms with E-state index in [0.717, 1.165) is 61.7 Å². The zero-order valence-corrected chi connectivity index (χ0v) is 44.1. The first kappa shape index (κ1) is 59.3. The van der Waals surface area contributed by atoms with Crippen LogP contribution in [0.1, 0.15) is 89.0 Å². The Morgan fingerprint density at radius 3 is 2.17 bits per heavy atom. The molecule has 0 aliphatic heterocycles. The van der Waals surface area contributed by atoms with Crippen LogP contribution in [0.25, 0.3) is 22.0 Å². The second kappa shape index (κ2) is 21.0. The molecule has 31 heteroatoms. The Kier molecular flexibility index (Phi) is 16.0. The number of phosphoric acid groups is 1. The lowest BCUT2D eigenvalue weighted by Crippen LogP contribution is -2.37. The van der Waals surface area contributed by atoms with Crippen LogP contribution in [-0.4, -0.2) is 86.4 Å². The summed E-state index contributed by atoms with van der Waals surface area (Å²) in [5.41, 5.74) is -7.46. The van der Waals surface area contributed by atoms with Crippen molar-refractivity contribution in [2.24, 2.45) is 0 Å². The minimum atomic E-state index is -5.28. The number of nitrogens with zero attached hydrogens (tertiary/aromatic N) is 6. The van der Waals surface area contributed by atoms with Gasteiger partial charge in [-0.15, -0.1) is 0 Å². The number of carbonyl (C=O) groups excluding carboxylic acids is 2. The zero-order chi connectivity index (χ0) is 58.0. The number of amides is 2. The molecule has 0 saturated heterocycles. The lowest BCUT2D eigenvalue weighted by molar-refractivity contribution is -0.143. The molecule has 2 atom stereocenters. The molecule has 1 aliphatic rings. The van der Waals surface area contributed by atoms with Gasteiger partial charge in [0.15, 0.2) is 21.3 Å². The van der Waals surface area contributed by atoms with Gasteiger partial charge >= 0.3 is 20.2 Å². The van der Waals surface area contributed by atoms with E-state index in [0.29, 0.717) is 12.3 Å². The molecule has 3 N–H and O–H groups in total. The van der Waals surface area contributed by atoms with Crippen molar-refractivity contribution in [3.05, 3.63) is 128 Å². The van der Waals surface area contributed by atoms with Crippen LogP contribution >= 0.6 is 19.4 Å². The van der Waals surface area contributed by atoms with Gasteiger partial charge in [-0.3, -0.25) is 23.5 Å². The lowest BCUT2D eigenvalue weighted by Gasteiger charge is -2.23. The van der Waals surface area contributed by atoms with Crippen molar-refractivity contribution in [2.45, 2.75) is 88.3 Å². The molecule has 0 unspecified atom stereocenters. The fourth-order valence-electron chi connectivity index (χ4n) is 8.56. The topological polar surface area (TPSA) is 233 Å². The summed E-state index contributed by atoms with van der Waals surface area (Å²) in [6.45, 7) is -0.905. The van der Waals surface area contributed by atoms with Crippen LogP contribution in [0.2, 0.25) is 5.02 Å². The number of halogens is 11. The molecule has 17 nitrogen and oxygen atoms in total. The van der Waals surface area contributed by atoms with Gasteiger partial charge in [-0.1, -0.05) is 48.7 Å². The number of anilines is 1. The van der Waals surface area contributed by atoms with Crippen molar-refractivity contribution in [1.29, 1.82) is 0 Å². The Bertz CT molecular complexity index is 3740. The maximum atomic E-state index is 15.5. The minimum Gasteiger partial charge on any atom is -0.346 e. The third-order valence-corrected chi connectivity index (χ3v) is 15.8. The van der Waals surface area contributed by atoms with Gasteiger partial charge in [0.2, 0.25) is 15.9 Å². The van der Waals surface area contributed by atoms with E-state index in [2.05, 4.69) is 36.9 Å². The molecule has 0 bridgehead atoms. The average molecular weight is 1180 g/mol. The Balaban J connectivity index is 1.51. The van der Waals surface area contributed by atoms with E-state index in [1.165, 1.54) is 26.0 Å². The van der Waals surface area contributed by atoms with Crippen molar-refractivity contribution in [2.75, 3.05) is 16.8 Å². The van der Waals surface area contributed by atoms with Gasteiger partial charge in [0.05, 0.1) is 40.5 Å². The third-order valence-electron chi connectivity index (χ3n) is 12.1. The largest absolute Gasteiger partial charge is 0.469 e. The highest BCUT2D eigenvalue weighted by molar-refractivity contribution is 7.93. The number of phosphoric ester groups is 1. The molecule has 418 valence electrons. The Morgan fingerprint density at radius 1 is 0.949 bits per heavy atom. The normalized spacial score (nSPS) is 15.4. The molecule has 7 rings (SSSR count). The zero-order valence-electron chi connectivity index (χ0n) is 40.8. The molecule has 0 fully saturated rings. The molecule has 0 saturated carbocycles. The summed E-state index contributed by atoms with van der Waals surface area (Å²) >= 11 is 6.70. The smallest absolute Gasteiger partial charge is 0.346 e. The summed E-state index contributed by atoms with van der Waals surface area (Å²) < 4.78 is 215. The number of alkyl halides is 8. The number of pyridine rings is 1. The number of rotatable bonds is 15. The van der Waals surface area contributed by atoms with E-state index in [1.54, 1.807) is 0 Å². The molecule has 0 radical (unpaired) electrons. The van der Waals surface area contributed by atoms with Gasteiger partial charge in [0.1, 0.15) is 40.9 Å². The monoisotopic (exact) mass is 1180 g/mol. The van der Waals surface area contributed by atoms with E-state index in [1.807, 2.05) is 0 Å². The summed E-state index contributed by atoms with van der Waals surface area (Å²) in [5, 5.41) is 8.43. The minimum absolute atomic E-state index is 0.0441. The first-order valence-electron chi connectivity index (χ1n) is 22.4. The summed E-state index contributed by atoms with van der Waals surface area (Å²) in [5.74, 6) is -6.65. The quantitative estimate of drug-likeness (QED) is 0.0496. The van der Waals surface area contributed by atoms with E-state index >= 15 is 8.78 Å². The van der Waals surface area contributed by atoms with E-state index < -0.39 is 174 Å². The number of carbonyl (C=O) groups is 2. The molecular formula is C47H41ClF10N7O10PS2. The second-order valence-corrected chi connectivity index (χ2v) is 24.6. The number of sulfonamides is 1. The summed E-state index contributed by atoms with van der Waals surface area (Å²) in [6, 6.07) is 9.01. The van der Waals surface area contributed by atoms with Crippen molar-refractivity contribution in [1.82, 2.24) is 29.9 Å². The van der Waals surface area contributed by atoms with Crippen molar-refractivity contribution in [3.8, 4) is 23.0 Å². The highest BCUT2D eigenvalue weighted by Crippen LogP contribution is 2.52. The number of nitrogens with one attached hydrogen (secondary N) is 1. The molecule has 3 aromatic heterocycles. The maximum Gasteiger partial charge on any atom is 0.469 e. The van der Waals surface area contributed by atoms with Gasteiger partial charge in [0.25, 0.3) is 11.8 Å². The molecule has 2 amide bonds. The SMILES string of the molecule is C[C@H]1CC(F)(F)c2c1c(C(F)(F)F)nn2CC(=O)N[C@@H](Cc1cc(F)cc(F)c1)c1nc(C#CC(C)(C)S(C)(=O)=O)ccc1-c1ccc(Cl)c2c(N(C(=O)c3ccccc3COP(=O)(O)O)S(C)(=O)=O)nn(CC(F)(F)F)c12. The van der Waals surface area contributed by atoms with Crippen LogP contribution in [0.15, 0.2) is 66.7 Å². The van der Waals surface area contributed by atoms with Crippen LogP contribution in [0.5, 0.6) is 0 Å². The Labute approximate surface area is 441 Å². The van der Waals surface area contributed by atoms with Gasteiger partial charge < -0.3 is 15.1 Å². The van der Waals surface area contributed by atoms with E-state index in [9.17, 15) is 75.9 Å². The molecule has 0 spiro atoms.